The Morgan fingerprint density at radius 2 is 2.04 bits per heavy atom. The number of hydrogen-bond acceptors (Lipinski definition) is 4. The summed E-state index contributed by atoms with van der Waals surface area (Å²) in [5.41, 5.74) is 0.351. The van der Waals surface area contributed by atoms with Gasteiger partial charge in [-0.2, -0.15) is 5.26 Å². The number of likely N-dealkylation sites (tertiary alicyclic amines) is 1. The van der Waals surface area contributed by atoms with Gasteiger partial charge in [0.25, 0.3) is 0 Å². The first-order valence-electron chi connectivity index (χ1n) is 8.70. The van der Waals surface area contributed by atoms with Gasteiger partial charge in [0, 0.05) is 23.9 Å². The van der Waals surface area contributed by atoms with Crippen molar-refractivity contribution in [2.45, 2.75) is 64.7 Å². The van der Waals surface area contributed by atoms with Gasteiger partial charge in [-0.15, -0.1) is 11.3 Å². The number of amides is 1. The molecule has 0 spiro atoms. The van der Waals surface area contributed by atoms with Crippen LogP contribution in [0.25, 0.3) is 0 Å². The second-order valence-corrected chi connectivity index (χ2v) is 8.27. The summed E-state index contributed by atoms with van der Waals surface area (Å²) >= 11 is 1.76. The molecule has 0 aromatic carbocycles. The largest absolute Gasteiger partial charge is 0.341 e. The summed E-state index contributed by atoms with van der Waals surface area (Å²) in [6.07, 6.45) is 6.73. The third-order valence-electron chi connectivity index (χ3n) is 5.43. The Hall–Kier alpha value is -1.41. The van der Waals surface area contributed by atoms with Crippen molar-refractivity contribution in [3.63, 3.8) is 0 Å². The molecule has 124 valence electrons. The Balaban J connectivity index is 1.75. The fourth-order valence-corrected chi connectivity index (χ4v) is 4.92. The molecule has 0 unspecified atom stereocenters. The first-order valence-corrected chi connectivity index (χ1v) is 9.52. The fourth-order valence-electron chi connectivity index (χ4n) is 3.87. The van der Waals surface area contributed by atoms with Gasteiger partial charge in [0.1, 0.15) is 5.41 Å². The summed E-state index contributed by atoms with van der Waals surface area (Å²) in [6, 6.07) is 2.38. The van der Waals surface area contributed by atoms with E-state index in [0.29, 0.717) is 5.92 Å². The maximum Gasteiger partial charge on any atom is 0.243 e. The van der Waals surface area contributed by atoms with Crippen molar-refractivity contribution in [1.82, 2.24) is 9.88 Å². The Morgan fingerprint density at radius 3 is 2.65 bits per heavy atom. The van der Waals surface area contributed by atoms with Crippen molar-refractivity contribution in [2.24, 2.45) is 5.41 Å². The highest BCUT2D eigenvalue weighted by Gasteiger charge is 2.43. The molecule has 1 aliphatic heterocycles. The predicted octanol–water partition coefficient (Wildman–Crippen LogP) is 3.94. The van der Waals surface area contributed by atoms with E-state index in [1.807, 2.05) is 11.8 Å². The normalized spacial score (nSPS) is 24.2. The minimum atomic E-state index is -0.755. The van der Waals surface area contributed by atoms with E-state index in [1.165, 1.54) is 4.88 Å². The molecule has 0 bridgehead atoms. The quantitative estimate of drug-likeness (QED) is 0.825. The molecule has 2 fully saturated rings. The average molecular weight is 331 g/mol. The number of thiazole rings is 1. The van der Waals surface area contributed by atoms with Crippen molar-refractivity contribution in [1.29, 1.82) is 5.26 Å². The van der Waals surface area contributed by atoms with Crippen molar-refractivity contribution in [2.75, 3.05) is 13.1 Å². The molecule has 1 aliphatic carbocycles. The Kier molecular flexibility index (Phi) is 4.72. The molecule has 2 heterocycles. The van der Waals surface area contributed by atoms with E-state index in [0.717, 1.165) is 68.7 Å². The van der Waals surface area contributed by atoms with E-state index < -0.39 is 5.41 Å². The number of carbonyl (C=O) groups excluding carboxylic acids is 1. The van der Waals surface area contributed by atoms with E-state index in [4.69, 9.17) is 4.98 Å². The zero-order chi connectivity index (χ0) is 16.4. The van der Waals surface area contributed by atoms with Gasteiger partial charge in [0.15, 0.2) is 0 Å². The van der Waals surface area contributed by atoms with Crippen molar-refractivity contribution in [3.05, 3.63) is 15.6 Å². The number of rotatable bonds is 2. The SMILES string of the molecule is Cc1nc([C@H]2CCCN(C(=O)C3(C#N)CCCCC3)C2)sc1C. The van der Waals surface area contributed by atoms with Crippen molar-refractivity contribution in [3.8, 4) is 6.07 Å². The van der Waals surface area contributed by atoms with E-state index >= 15 is 0 Å². The van der Waals surface area contributed by atoms with Crippen LogP contribution in [0, 0.1) is 30.6 Å². The van der Waals surface area contributed by atoms with Crippen molar-refractivity contribution >= 4 is 17.2 Å². The number of aromatic nitrogens is 1. The summed E-state index contributed by atoms with van der Waals surface area (Å²) in [5.74, 6) is 0.416. The molecule has 1 saturated carbocycles. The van der Waals surface area contributed by atoms with Crippen LogP contribution in [0.5, 0.6) is 0 Å². The Bertz CT molecular complexity index is 605. The van der Waals surface area contributed by atoms with Crippen LogP contribution in [0.1, 0.15) is 66.4 Å². The maximum atomic E-state index is 13.0. The zero-order valence-corrected chi connectivity index (χ0v) is 14.9. The minimum Gasteiger partial charge on any atom is -0.341 e. The molecule has 1 aromatic rings. The molecule has 5 heteroatoms. The number of nitrogens with zero attached hydrogens (tertiary/aromatic N) is 3. The van der Waals surface area contributed by atoms with Crippen LogP contribution in [0.4, 0.5) is 0 Å². The number of carbonyl (C=O) groups is 1. The summed E-state index contributed by atoms with van der Waals surface area (Å²) in [6.45, 7) is 5.68. The van der Waals surface area contributed by atoms with Gasteiger partial charge in [-0.1, -0.05) is 19.3 Å². The lowest BCUT2D eigenvalue weighted by Crippen LogP contribution is -2.48. The molecule has 1 atom stereocenters. The molecule has 0 radical (unpaired) electrons. The Labute approximate surface area is 142 Å². The van der Waals surface area contributed by atoms with Crippen LogP contribution >= 0.6 is 11.3 Å². The first kappa shape index (κ1) is 16.4. The van der Waals surface area contributed by atoms with Crippen LogP contribution in [0.15, 0.2) is 0 Å². The number of nitriles is 1. The Morgan fingerprint density at radius 1 is 1.30 bits per heavy atom. The molecule has 23 heavy (non-hydrogen) atoms. The summed E-state index contributed by atoms with van der Waals surface area (Å²) in [7, 11) is 0. The van der Waals surface area contributed by atoms with Gasteiger partial charge in [-0.05, 0) is 39.5 Å². The molecular weight excluding hydrogens is 306 g/mol. The molecule has 4 nitrogen and oxygen atoms in total. The summed E-state index contributed by atoms with van der Waals surface area (Å²) < 4.78 is 0. The van der Waals surface area contributed by atoms with Crippen LogP contribution in [-0.2, 0) is 4.79 Å². The summed E-state index contributed by atoms with van der Waals surface area (Å²) in [5, 5.41) is 10.8. The third-order valence-corrected chi connectivity index (χ3v) is 6.67. The van der Waals surface area contributed by atoms with Gasteiger partial charge in [-0.3, -0.25) is 4.79 Å². The van der Waals surface area contributed by atoms with Gasteiger partial charge >= 0.3 is 0 Å². The third kappa shape index (κ3) is 3.14. The van der Waals surface area contributed by atoms with Crippen LogP contribution in [-0.4, -0.2) is 28.9 Å². The molecule has 1 saturated heterocycles. The van der Waals surface area contributed by atoms with Gasteiger partial charge in [-0.25, -0.2) is 4.98 Å². The second-order valence-electron chi connectivity index (χ2n) is 7.04. The lowest BCUT2D eigenvalue weighted by Gasteiger charge is -2.38. The van der Waals surface area contributed by atoms with E-state index in [9.17, 15) is 10.1 Å². The van der Waals surface area contributed by atoms with Crippen LogP contribution in [0.2, 0.25) is 0 Å². The fraction of sp³-hybridized carbons (Fsp3) is 0.722. The molecular formula is C18H25N3OS. The highest BCUT2D eigenvalue weighted by atomic mass is 32.1. The zero-order valence-electron chi connectivity index (χ0n) is 14.1. The summed E-state index contributed by atoms with van der Waals surface area (Å²) in [4.78, 5) is 21.0. The molecule has 2 aliphatic rings. The minimum absolute atomic E-state index is 0.0781. The second kappa shape index (κ2) is 6.60. The number of piperidine rings is 1. The van der Waals surface area contributed by atoms with E-state index in [1.54, 1.807) is 11.3 Å². The lowest BCUT2D eigenvalue weighted by molar-refractivity contribution is -0.141. The van der Waals surface area contributed by atoms with Crippen LogP contribution in [0.3, 0.4) is 0 Å². The molecule has 1 amide bonds. The smallest absolute Gasteiger partial charge is 0.243 e. The lowest BCUT2D eigenvalue weighted by atomic mass is 9.74. The molecule has 1 aromatic heterocycles. The first-order chi connectivity index (χ1) is 11.1. The van der Waals surface area contributed by atoms with Gasteiger partial charge in [0.2, 0.25) is 5.91 Å². The van der Waals surface area contributed by atoms with Crippen molar-refractivity contribution < 1.29 is 4.79 Å². The molecule has 3 rings (SSSR count). The topological polar surface area (TPSA) is 57.0 Å². The standard InChI is InChI=1S/C18H25N3OS/c1-13-14(2)23-16(20-13)15-7-6-10-21(11-15)17(22)18(12-19)8-4-3-5-9-18/h15H,3-11H2,1-2H3/t15-/m0/s1. The average Bonchev–Trinajstić information content (AvgIpc) is 2.94. The highest BCUT2D eigenvalue weighted by molar-refractivity contribution is 7.11. The number of hydrogen-bond donors (Lipinski definition) is 0. The highest BCUT2D eigenvalue weighted by Crippen LogP contribution is 2.39. The number of aryl methyl sites for hydroxylation is 2. The predicted molar refractivity (Wildman–Crippen MR) is 91.3 cm³/mol. The van der Waals surface area contributed by atoms with E-state index in [-0.39, 0.29) is 5.91 Å². The molecule has 0 N–H and O–H groups in total. The van der Waals surface area contributed by atoms with Gasteiger partial charge < -0.3 is 4.90 Å². The monoisotopic (exact) mass is 331 g/mol. The van der Waals surface area contributed by atoms with Gasteiger partial charge in [0.05, 0.1) is 16.8 Å². The maximum absolute atomic E-state index is 13.0. The van der Waals surface area contributed by atoms with E-state index in [2.05, 4.69) is 13.0 Å². The van der Waals surface area contributed by atoms with Crippen LogP contribution < -0.4 is 0 Å².